The Balaban J connectivity index is 1.26. The zero-order valence-corrected chi connectivity index (χ0v) is 24.7. The number of nitrogens with one attached hydrogen (secondary N) is 1. The SMILES string of the molecule is C[C@]12CC[C@H](CN(c3nc(OC[C@@]45CCCN4C[C@H](F)C5)nc4c(F)c(-c5cc(O)cc6cccc(Cl)c56)ncc34)C1)N2. The molecular formula is C32H33ClF2N6O2. The van der Waals surface area contributed by atoms with Gasteiger partial charge < -0.3 is 20.1 Å². The molecule has 4 atom stereocenters. The molecule has 8 rings (SSSR count). The van der Waals surface area contributed by atoms with Gasteiger partial charge >= 0.3 is 6.01 Å². The Kier molecular flexibility index (Phi) is 6.23. The lowest BCUT2D eigenvalue weighted by molar-refractivity contribution is 0.107. The highest BCUT2D eigenvalue weighted by Gasteiger charge is 2.49. The number of nitrogens with zero attached hydrogens (tertiary/aromatic N) is 5. The number of aromatic hydroxyl groups is 1. The summed E-state index contributed by atoms with van der Waals surface area (Å²) in [5.74, 6) is -0.0921. The number of fused-ring (bicyclic) bond motifs is 5. The minimum Gasteiger partial charge on any atom is -0.508 e. The minimum atomic E-state index is -0.885. The molecule has 4 aromatic rings. The number of pyridine rings is 1. The molecule has 2 aromatic heterocycles. The average Bonchev–Trinajstić information content (AvgIpc) is 3.59. The minimum absolute atomic E-state index is 0.0221. The van der Waals surface area contributed by atoms with E-state index < -0.39 is 17.5 Å². The zero-order valence-electron chi connectivity index (χ0n) is 23.9. The molecule has 4 aliphatic rings. The number of hydrogen-bond donors (Lipinski definition) is 2. The van der Waals surface area contributed by atoms with Gasteiger partial charge in [-0.05, 0) is 62.7 Å². The third-order valence-electron chi connectivity index (χ3n) is 9.92. The normalized spacial score (nSPS) is 28.7. The van der Waals surface area contributed by atoms with E-state index in [-0.39, 0.29) is 35.1 Å². The Morgan fingerprint density at radius 2 is 2.09 bits per heavy atom. The molecule has 0 amide bonds. The number of piperazine rings is 1. The van der Waals surface area contributed by atoms with Crippen LogP contribution >= 0.6 is 11.6 Å². The second kappa shape index (κ2) is 9.84. The quantitative estimate of drug-likeness (QED) is 0.302. The molecule has 2 bridgehead atoms. The molecule has 0 aliphatic carbocycles. The lowest BCUT2D eigenvalue weighted by Crippen LogP contribution is -2.58. The topological polar surface area (TPSA) is 86.6 Å². The largest absolute Gasteiger partial charge is 0.508 e. The fourth-order valence-electron chi connectivity index (χ4n) is 8.02. The molecule has 2 aromatic carbocycles. The summed E-state index contributed by atoms with van der Waals surface area (Å²) in [5, 5.41) is 16.4. The van der Waals surface area contributed by atoms with Gasteiger partial charge in [0.25, 0.3) is 0 Å². The van der Waals surface area contributed by atoms with Crippen molar-refractivity contribution in [1.82, 2.24) is 25.2 Å². The van der Waals surface area contributed by atoms with Crippen LogP contribution in [0.1, 0.15) is 39.0 Å². The van der Waals surface area contributed by atoms with E-state index in [9.17, 15) is 9.50 Å². The molecule has 43 heavy (non-hydrogen) atoms. The standard InChI is InChI=1S/C32H33ClF2N6O2/c1-31-8-6-20(39-31)15-40(16-31)29-23-13-36-27(22-11-21(42)10-18-4-2-5-24(33)25(18)22)26(35)28(23)37-30(38-29)43-17-32-7-3-9-41(32)14-19(34)12-32/h2,4-5,10-11,13,19-20,39,42H,3,6-9,12,14-17H2,1H3/t19-,20-,31+,32+/m1/s1. The number of phenolic OH excluding ortho intramolecular Hbond substituents is 1. The summed E-state index contributed by atoms with van der Waals surface area (Å²) in [6, 6.07) is 8.75. The zero-order chi connectivity index (χ0) is 29.5. The van der Waals surface area contributed by atoms with E-state index in [4.69, 9.17) is 21.3 Å². The van der Waals surface area contributed by atoms with Crippen LogP contribution in [0.4, 0.5) is 14.6 Å². The first-order chi connectivity index (χ1) is 20.7. The van der Waals surface area contributed by atoms with Gasteiger partial charge in [0.1, 0.15) is 35.6 Å². The molecule has 6 heterocycles. The summed E-state index contributed by atoms with van der Waals surface area (Å²) in [6.07, 6.45) is 5.08. The van der Waals surface area contributed by atoms with Crippen LogP contribution in [0.3, 0.4) is 0 Å². The lowest BCUT2D eigenvalue weighted by atomic mass is 9.95. The second-order valence-corrected chi connectivity index (χ2v) is 13.4. The highest BCUT2D eigenvalue weighted by atomic mass is 35.5. The fourth-order valence-corrected chi connectivity index (χ4v) is 8.30. The third-order valence-corrected chi connectivity index (χ3v) is 10.2. The summed E-state index contributed by atoms with van der Waals surface area (Å²) in [5.41, 5.74) is 0.0174. The van der Waals surface area contributed by atoms with Crippen LogP contribution in [0.2, 0.25) is 5.02 Å². The van der Waals surface area contributed by atoms with Crippen LogP contribution in [-0.2, 0) is 0 Å². The van der Waals surface area contributed by atoms with E-state index in [1.54, 1.807) is 24.4 Å². The number of anilines is 1. The molecule has 224 valence electrons. The van der Waals surface area contributed by atoms with E-state index in [2.05, 4.69) is 32.0 Å². The van der Waals surface area contributed by atoms with Crippen molar-refractivity contribution in [2.45, 2.75) is 62.3 Å². The van der Waals surface area contributed by atoms with E-state index in [0.717, 1.165) is 38.8 Å². The predicted octanol–water partition coefficient (Wildman–Crippen LogP) is 5.63. The molecular weight excluding hydrogens is 574 g/mol. The van der Waals surface area contributed by atoms with Crippen LogP contribution in [0.25, 0.3) is 32.9 Å². The van der Waals surface area contributed by atoms with Gasteiger partial charge in [-0.25, -0.2) is 8.78 Å². The van der Waals surface area contributed by atoms with Gasteiger partial charge in [0.05, 0.1) is 10.9 Å². The summed E-state index contributed by atoms with van der Waals surface area (Å²) < 4.78 is 37.4. The predicted molar refractivity (Wildman–Crippen MR) is 162 cm³/mol. The highest BCUT2D eigenvalue weighted by Crippen LogP contribution is 2.42. The van der Waals surface area contributed by atoms with Crippen molar-refractivity contribution in [3.8, 4) is 23.0 Å². The van der Waals surface area contributed by atoms with Crippen molar-refractivity contribution in [3.05, 3.63) is 47.4 Å². The molecule has 0 radical (unpaired) electrons. The molecule has 4 aliphatic heterocycles. The van der Waals surface area contributed by atoms with Crippen LogP contribution in [0, 0.1) is 5.82 Å². The molecule has 0 saturated carbocycles. The van der Waals surface area contributed by atoms with E-state index in [0.29, 0.717) is 58.1 Å². The van der Waals surface area contributed by atoms with Crippen LogP contribution in [0.15, 0.2) is 36.5 Å². The number of ether oxygens (including phenoxy) is 1. The number of aromatic nitrogens is 3. The summed E-state index contributed by atoms with van der Waals surface area (Å²) in [6.45, 7) is 5.13. The Bertz CT molecular complexity index is 1780. The average molecular weight is 607 g/mol. The van der Waals surface area contributed by atoms with Gasteiger partial charge in [-0.1, -0.05) is 23.7 Å². The second-order valence-electron chi connectivity index (χ2n) is 13.0. The van der Waals surface area contributed by atoms with E-state index >= 15 is 4.39 Å². The molecule has 4 fully saturated rings. The molecule has 0 unspecified atom stereocenters. The number of alkyl halides is 1. The highest BCUT2D eigenvalue weighted by molar-refractivity contribution is 6.36. The first-order valence-corrected chi connectivity index (χ1v) is 15.4. The number of phenols is 1. The van der Waals surface area contributed by atoms with Gasteiger partial charge in [-0.15, -0.1) is 0 Å². The van der Waals surface area contributed by atoms with Gasteiger partial charge in [-0.3, -0.25) is 9.88 Å². The fraction of sp³-hybridized carbons (Fsp3) is 0.469. The van der Waals surface area contributed by atoms with Crippen molar-refractivity contribution in [1.29, 1.82) is 0 Å². The Labute approximate surface area is 253 Å². The van der Waals surface area contributed by atoms with E-state index in [1.165, 1.54) is 6.07 Å². The third kappa shape index (κ3) is 4.48. The molecule has 11 heteroatoms. The van der Waals surface area contributed by atoms with Gasteiger partial charge in [0, 0.05) is 59.8 Å². The van der Waals surface area contributed by atoms with Gasteiger partial charge in [0.2, 0.25) is 0 Å². The first kappa shape index (κ1) is 27.2. The van der Waals surface area contributed by atoms with Crippen LogP contribution in [0.5, 0.6) is 11.8 Å². The maximum Gasteiger partial charge on any atom is 0.319 e. The van der Waals surface area contributed by atoms with Crippen molar-refractivity contribution in [2.24, 2.45) is 0 Å². The monoisotopic (exact) mass is 606 g/mol. The van der Waals surface area contributed by atoms with Crippen LogP contribution in [-0.4, -0.2) is 81.0 Å². The smallest absolute Gasteiger partial charge is 0.319 e. The summed E-state index contributed by atoms with van der Waals surface area (Å²) >= 11 is 6.57. The van der Waals surface area contributed by atoms with Gasteiger partial charge in [-0.2, -0.15) is 9.97 Å². The molecule has 4 saturated heterocycles. The number of hydrogen-bond acceptors (Lipinski definition) is 8. The van der Waals surface area contributed by atoms with Crippen LogP contribution < -0.4 is 15.0 Å². The summed E-state index contributed by atoms with van der Waals surface area (Å²) in [4.78, 5) is 18.4. The maximum absolute atomic E-state index is 16.7. The van der Waals surface area contributed by atoms with Crippen molar-refractivity contribution < 1.29 is 18.6 Å². The number of halogens is 3. The Morgan fingerprint density at radius 3 is 2.95 bits per heavy atom. The lowest BCUT2D eigenvalue weighted by Gasteiger charge is -2.40. The number of benzene rings is 2. The number of rotatable bonds is 5. The Hall–Kier alpha value is -3.34. The molecule has 2 N–H and O–H groups in total. The maximum atomic E-state index is 16.7. The molecule has 8 nitrogen and oxygen atoms in total. The van der Waals surface area contributed by atoms with Gasteiger partial charge in [0.15, 0.2) is 5.82 Å². The van der Waals surface area contributed by atoms with Crippen molar-refractivity contribution >= 4 is 39.1 Å². The Morgan fingerprint density at radius 1 is 1.21 bits per heavy atom. The van der Waals surface area contributed by atoms with Crippen molar-refractivity contribution in [3.63, 3.8) is 0 Å². The van der Waals surface area contributed by atoms with E-state index in [1.807, 2.05) is 6.07 Å². The van der Waals surface area contributed by atoms with Crippen molar-refractivity contribution in [2.75, 3.05) is 37.7 Å². The summed E-state index contributed by atoms with van der Waals surface area (Å²) in [7, 11) is 0. The first-order valence-electron chi connectivity index (χ1n) is 15.0. The molecule has 0 spiro atoms.